The second-order valence-corrected chi connectivity index (χ2v) is 5.94. The van der Waals surface area contributed by atoms with Gasteiger partial charge in [0.25, 0.3) is 0 Å². The van der Waals surface area contributed by atoms with E-state index in [-0.39, 0.29) is 0 Å². The van der Waals surface area contributed by atoms with Gasteiger partial charge in [-0.2, -0.15) is 5.10 Å². The first-order valence-electron chi connectivity index (χ1n) is 8.40. The van der Waals surface area contributed by atoms with Crippen LogP contribution in [0.15, 0.2) is 79.3 Å². The summed E-state index contributed by atoms with van der Waals surface area (Å²) in [5.41, 5.74) is 4.74. The monoisotopic (exact) mass is 342 g/mol. The van der Waals surface area contributed by atoms with Gasteiger partial charge in [-0.15, -0.1) is 0 Å². The molecule has 0 spiro atoms. The summed E-state index contributed by atoms with van der Waals surface area (Å²) in [4.78, 5) is 8.87. The van der Waals surface area contributed by atoms with Crippen LogP contribution in [-0.2, 0) is 6.61 Å². The van der Waals surface area contributed by atoms with E-state index in [0.717, 1.165) is 34.1 Å². The third-order valence-corrected chi connectivity index (χ3v) is 4.03. The molecule has 0 bridgehead atoms. The lowest BCUT2D eigenvalue weighted by Gasteiger charge is -2.09. The average molecular weight is 342 g/mol. The third kappa shape index (κ3) is 3.47. The first-order chi connectivity index (χ1) is 12.8. The number of hydrogen-bond acceptors (Lipinski definition) is 4. The fourth-order valence-corrected chi connectivity index (χ4v) is 2.65. The molecule has 0 N–H and O–H groups in total. The minimum absolute atomic E-state index is 0.523. The molecule has 0 saturated carbocycles. The van der Waals surface area contributed by atoms with E-state index < -0.39 is 0 Å². The van der Waals surface area contributed by atoms with Crippen LogP contribution in [0.25, 0.3) is 17.1 Å². The summed E-state index contributed by atoms with van der Waals surface area (Å²) in [5, 5.41) is 4.40. The minimum Gasteiger partial charge on any atom is -0.487 e. The van der Waals surface area contributed by atoms with Crippen LogP contribution in [0.5, 0.6) is 5.75 Å². The maximum absolute atomic E-state index is 5.80. The number of ether oxygens (including phenoxy) is 1. The largest absolute Gasteiger partial charge is 0.487 e. The molecular weight excluding hydrogens is 324 g/mol. The van der Waals surface area contributed by atoms with Crippen molar-refractivity contribution in [1.29, 1.82) is 0 Å². The van der Waals surface area contributed by atoms with E-state index in [1.54, 1.807) is 12.4 Å². The summed E-state index contributed by atoms with van der Waals surface area (Å²) < 4.78 is 7.63. The van der Waals surface area contributed by atoms with Gasteiger partial charge >= 0.3 is 0 Å². The fourth-order valence-electron chi connectivity index (χ4n) is 2.65. The molecule has 1 aromatic carbocycles. The molecule has 0 aliphatic rings. The third-order valence-electron chi connectivity index (χ3n) is 4.03. The van der Waals surface area contributed by atoms with E-state index in [9.17, 15) is 0 Å². The molecule has 0 radical (unpaired) electrons. The Morgan fingerprint density at radius 2 is 1.77 bits per heavy atom. The van der Waals surface area contributed by atoms with E-state index in [2.05, 4.69) is 15.1 Å². The maximum atomic E-state index is 5.80. The second kappa shape index (κ2) is 7.19. The van der Waals surface area contributed by atoms with Crippen LogP contribution >= 0.6 is 0 Å². The molecule has 0 atom stereocenters. The van der Waals surface area contributed by atoms with Crippen molar-refractivity contribution >= 4 is 0 Å². The van der Waals surface area contributed by atoms with Gasteiger partial charge in [0.15, 0.2) is 0 Å². The molecule has 26 heavy (non-hydrogen) atoms. The fraction of sp³-hybridized carbons (Fsp3) is 0.0952. The van der Waals surface area contributed by atoms with Crippen molar-refractivity contribution < 1.29 is 4.74 Å². The highest BCUT2D eigenvalue weighted by atomic mass is 16.5. The van der Waals surface area contributed by atoms with E-state index in [0.29, 0.717) is 6.61 Å². The Morgan fingerprint density at radius 3 is 2.50 bits per heavy atom. The van der Waals surface area contributed by atoms with Gasteiger partial charge in [0.05, 0.1) is 35.7 Å². The van der Waals surface area contributed by atoms with Gasteiger partial charge in [-0.25, -0.2) is 4.68 Å². The van der Waals surface area contributed by atoms with Gasteiger partial charge in [-0.1, -0.05) is 30.3 Å². The van der Waals surface area contributed by atoms with E-state index in [4.69, 9.17) is 4.74 Å². The summed E-state index contributed by atoms with van der Waals surface area (Å²) in [5.74, 6) is 0.737. The van der Waals surface area contributed by atoms with Crippen LogP contribution in [0.3, 0.4) is 0 Å². The van der Waals surface area contributed by atoms with Crippen LogP contribution in [0, 0.1) is 6.92 Å². The number of aromatic nitrogens is 4. The Kier molecular flexibility index (Phi) is 4.43. The second-order valence-electron chi connectivity index (χ2n) is 5.94. The number of benzene rings is 1. The minimum atomic E-state index is 0.523. The predicted octanol–water partition coefficient (Wildman–Crippen LogP) is 4.22. The highest BCUT2D eigenvalue weighted by molar-refractivity contribution is 5.57. The number of hydrogen-bond donors (Lipinski definition) is 0. The smallest absolute Gasteiger partial charge is 0.138 e. The molecule has 128 valence electrons. The van der Waals surface area contributed by atoms with Crippen LogP contribution in [-0.4, -0.2) is 19.7 Å². The zero-order chi connectivity index (χ0) is 17.8. The lowest BCUT2D eigenvalue weighted by molar-refractivity contribution is 0.305. The van der Waals surface area contributed by atoms with Gasteiger partial charge in [0.2, 0.25) is 0 Å². The summed E-state index contributed by atoms with van der Waals surface area (Å²) in [7, 11) is 0. The van der Waals surface area contributed by atoms with Crippen molar-refractivity contribution in [1.82, 2.24) is 19.7 Å². The molecule has 0 aliphatic heterocycles. The normalized spacial score (nSPS) is 10.7. The zero-order valence-electron chi connectivity index (χ0n) is 14.4. The van der Waals surface area contributed by atoms with Crippen molar-refractivity contribution in [2.45, 2.75) is 13.5 Å². The van der Waals surface area contributed by atoms with E-state index in [1.807, 2.05) is 78.5 Å². The number of pyridine rings is 2. The Bertz CT molecular complexity index is 977. The van der Waals surface area contributed by atoms with E-state index >= 15 is 0 Å². The van der Waals surface area contributed by atoms with Gasteiger partial charge in [-0.3, -0.25) is 9.97 Å². The standard InChI is InChI=1S/C21H18N4O/c1-16-7-8-18(13-22-16)25-21(11-12-24-25)20-10-9-19(14-23-20)26-15-17-5-3-2-4-6-17/h2-14H,15H2,1H3. The summed E-state index contributed by atoms with van der Waals surface area (Å²) >= 11 is 0. The molecule has 0 saturated heterocycles. The van der Waals surface area contributed by atoms with Crippen LogP contribution < -0.4 is 4.74 Å². The molecule has 0 aliphatic carbocycles. The molecule has 0 amide bonds. The topological polar surface area (TPSA) is 52.8 Å². The van der Waals surface area contributed by atoms with Gasteiger partial charge in [-0.05, 0) is 42.8 Å². The Balaban J connectivity index is 1.52. The highest BCUT2D eigenvalue weighted by Gasteiger charge is 2.09. The Labute approximate surface area is 151 Å². The van der Waals surface area contributed by atoms with Crippen molar-refractivity contribution in [2.75, 3.05) is 0 Å². The van der Waals surface area contributed by atoms with Crippen LogP contribution in [0.2, 0.25) is 0 Å². The molecule has 4 rings (SSSR count). The Hall–Kier alpha value is -3.47. The molecular formula is C21H18N4O. The lowest BCUT2D eigenvalue weighted by atomic mass is 10.2. The summed E-state index contributed by atoms with van der Waals surface area (Å²) in [6, 6.07) is 19.8. The van der Waals surface area contributed by atoms with Crippen molar-refractivity contribution in [3.8, 4) is 22.8 Å². The first kappa shape index (κ1) is 16.0. The lowest BCUT2D eigenvalue weighted by Crippen LogP contribution is -2.01. The Morgan fingerprint density at radius 1 is 0.885 bits per heavy atom. The molecule has 3 aromatic heterocycles. The first-order valence-corrected chi connectivity index (χ1v) is 8.40. The molecule has 4 aromatic rings. The maximum Gasteiger partial charge on any atom is 0.138 e. The molecule has 0 fully saturated rings. The van der Waals surface area contributed by atoms with Gasteiger partial charge in [0.1, 0.15) is 12.4 Å². The van der Waals surface area contributed by atoms with Gasteiger partial charge in [0, 0.05) is 5.69 Å². The molecule has 0 unspecified atom stereocenters. The number of nitrogens with zero attached hydrogens (tertiary/aromatic N) is 4. The number of aryl methyl sites for hydroxylation is 1. The van der Waals surface area contributed by atoms with Crippen LogP contribution in [0.1, 0.15) is 11.3 Å². The molecule has 3 heterocycles. The number of rotatable bonds is 5. The average Bonchev–Trinajstić information content (AvgIpc) is 3.18. The highest BCUT2D eigenvalue weighted by Crippen LogP contribution is 2.22. The van der Waals surface area contributed by atoms with Gasteiger partial charge < -0.3 is 4.74 Å². The van der Waals surface area contributed by atoms with Crippen molar-refractivity contribution in [3.63, 3.8) is 0 Å². The van der Waals surface area contributed by atoms with E-state index in [1.165, 1.54) is 0 Å². The SMILES string of the molecule is Cc1ccc(-n2nccc2-c2ccc(OCc3ccccc3)cn2)cn1. The summed E-state index contributed by atoms with van der Waals surface area (Å²) in [6.07, 6.45) is 5.31. The molecule has 5 nitrogen and oxygen atoms in total. The summed E-state index contributed by atoms with van der Waals surface area (Å²) in [6.45, 7) is 2.48. The zero-order valence-corrected chi connectivity index (χ0v) is 14.4. The van der Waals surface area contributed by atoms with Crippen LogP contribution in [0.4, 0.5) is 0 Å². The predicted molar refractivity (Wildman–Crippen MR) is 100 cm³/mol. The quantitative estimate of drug-likeness (QED) is 0.545. The van der Waals surface area contributed by atoms with Crippen molar-refractivity contribution in [3.05, 3.63) is 90.5 Å². The molecule has 5 heteroatoms. The van der Waals surface area contributed by atoms with Crippen molar-refractivity contribution in [2.24, 2.45) is 0 Å².